The van der Waals surface area contributed by atoms with Crippen molar-refractivity contribution in [2.24, 2.45) is 0 Å². The van der Waals surface area contributed by atoms with Gasteiger partial charge in [0.2, 0.25) is 17.5 Å². The second-order valence-electron chi connectivity index (χ2n) is 6.21. The third-order valence-corrected chi connectivity index (χ3v) is 4.11. The van der Waals surface area contributed by atoms with Crippen molar-refractivity contribution in [3.63, 3.8) is 0 Å². The van der Waals surface area contributed by atoms with Crippen LogP contribution in [-0.2, 0) is 6.61 Å². The highest BCUT2D eigenvalue weighted by molar-refractivity contribution is 5.60. The van der Waals surface area contributed by atoms with Crippen molar-refractivity contribution in [1.82, 2.24) is 20.3 Å². The van der Waals surface area contributed by atoms with Crippen LogP contribution in [-0.4, -0.2) is 34.0 Å². The van der Waals surface area contributed by atoms with Crippen LogP contribution in [0.25, 0.3) is 22.8 Å². The summed E-state index contributed by atoms with van der Waals surface area (Å²) in [6.07, 6.45) is 0. The van der Waals surface area contributed by atoms with Crippen molar-refractivity contribution < 1.29 is 32.0 Å². The molecule has 0 aliphatic heterocycles. The van der Waals surface area contributed by atoms with Crippen molar-refractivity contribution in [3.8, 4) is 40.0 Å². The van der Waals surface area contributed by atoms with E-state index in [4.69, 9.17) is 18.5 Å². The summed E-state index contributed by atoms with van der Waals surface area (Å²) in [5, 5.41) is 7.74. The van der Waals surface area contributed by atoms with Gasteiger partial charge in [-0.15, -0.1) is 0 Å². The van der Waals surface area contributed by atoms with Crippen molar-refractivity contribution in [1.29, 1.82) is 0 Å². The second-order valence-corrected chi connectivity index (χ2v) is 6.21. The van der Waals surface area contributed by atoms with Gasteiger partial charge in [-0.05, 0) is 42.5 Å². The number of benzene rings is 2. The molecule has 2 aromatic carbocycles. The van der Waals surface area contributed by atoms with E-state index in [0.717, 1.165) is 5.56 Å². The number of halogens is 2. The van der Waals surface area contributed by atoms with Gasteiger partial charge in [0.25, 0.3) is 5.89 Å². The number of aryl methyl sites for hydroxylation is 1. The predicted molar refractivity (Wildman–Crippen MR) is 102 cm³/mol. The van der Waals surface area contributed by atoms with Crippen LogP contribution in [0.3, 0.4) is 0 Å². The quantitative estimate of drug-likeness (QED) is 0.405. The standard InChI is InChI=1S/C20H16F2N4O5/c1-11-23-18(25-30-11)12-3-6-14(7-4-12)28-10-17-24-19(26-31-17)13-5-8-15(29-20(21)22)16(9-13)27-2/h3-9,20H,10H2,1-2H3. The zero-order chi connectivity index (χ0) is 21.8. The fraction of sp³-hybridized carbons (Fsp3) is 0.200. The van der Waals surface area contributed by atoms with E-state index < -0.39 is 6.61 Å². The molecule has 0 N–H and O–H groups in total. The van der Waals surface area contributed by atoms with Crippen LogP contribution in [0.15, 0.2) is 51.5 Å². The summed E-state index contributed by atoms with van der Waals surface area (Å²) in [5.74, 6) is 2.08. The predicted octanol–water partition coefficient (Wildman–Crippen LogP) is 4.28. The first kappa shape index (κ1) is 20.3. The Balaban J connectivity index is 1.41. The normalized spacial score (nSPS) is 11.0. The molecule has 0 atom stereocenters. The Labute approximate surface area is 174 Å². The fourth-order valence-corrected chi connectivity index (χ4v) is 2.69. The summed E-state index contributed by atoms with van der Waals surface area (Å²) in [7, 11) is 1.35. The molecule has 0 saturated heterocycles. The van der Waals surface area contributed by atoms with Gasteiger partial charge in [-0.2, -0.15) is 18.7 Å². The van der Waals surface area contributed by atoms with Crippen LogP contribution in [0.2, 0.25) is 0 Å². The molecule has 0 spiro atoms. The minimum Gasteiger partial charge on any atom is -0.493 e. The molecule has 0 bridgehead atoms. The Morgan fingerprint density at radius 2 is 1.61 bits per heavy atom. The van der Waals surface area contributed by atoms with E-state index in [1.807, 2.05) is 0 Å². The van der Waals surface area contributed by atoms with Gasteiger partial charge in [0.1, 0.15) is 5.75 Å². The van der Waals surface area contributed by atoms with Gasteiger partial charge in [-0.1, -0.05) is 10.3 Å². The molecule has 160 valence electrons. The van der Waals surface area contributed by atoms with Gasteiger partial charge in [0, 0.05) is 18.1 Å². The second kappa shape index (κ2) is 8.78. The number of alkyl halides is 2. The Morgan fingerprint density at radius 3 is 2.29 bits per heavy atom. The molecule has 0 fully saturated rings. The lowest BCUT2D eigenvalue weighted by Crippen LogP contribution is -2.03. The number of hydrogen-bond acceptors (Lipinski definition) is 9. The van der Waals surface area contributed by atoms with Crippen LogP contribution >= 0.6 is 0 Å². The van der Waals surface area contributed by atoms with E-state index in [1.54, 1.807) is 31.2 Å². The molecule has 9 nitrogen and oxygen atoms in total. The number of hydrogen-bond donors (Lipinski definition) is 0. The molecular formula is C20H16F2N4O5. The largest absolute Gasteiger partial charge is 0.493 e. The monoisotopic (exact) mass is 430 g/mol. The molecule has 2 aromatic heterocycles. The van der Waals surface area contributed by atoms with E-state index in [1.165, 1.54) is 25.3 Å². The summed E-state index contributed by atoms with van der Waals surface area (Å²) >= 11 is 0. The average Bonchev–Trinajstić information content (AvgIpc) is 3.42. The maximum atomic E-state index is 12.5. The molecule has 4 rings (SSSR count). The fourth-order valence-electron chi connectivity index (χ4n) is 2.69. The minimum atomic E-state index is -2.96. The molecular weight excluding hydrogens is 414 g/mol. The van der Waals surface area contributed by atoms with E-state index in [2.05, 4.69) is 25.0 Å². The van der Waals surface area contributed by atoms with Crippen molar-refractivity contribution in [3.05, 3.63) is 54.2 Å². The van der Waals surface area contributed by atoms with Crippen molar-refractivity contribution >= 4 is 0 Å². The summed E-state index contributed by atoms with van der Waals surface area (Å²) < 4.78 is 50.2. The summed E-state index contributed by atoms with van der Waals surface area (Å²) in [5.41, 5.74) is 1.30. The molecule has 31 heavy (non-hydrogen) atoms. The van der Waals surface area contributed by atoms with Crippen molar-refractivity contribution in [2.75, 3.05) is 7.11 Å². The minimum absolute atomic E-state index is 0.0391. The summed E-state index contributed by atoms with van der Waals surface area (Å²) in [6.45, 7) is -1.20. The summed E-state index contributed by atoms with van der Waals surface area (Å²) in [4.78, 5) is 8.41. The van der Waals surface area contributed by atoms with E-state index in [0.29, 0.717) is 23.0 Å². The van der Waals surface area contributed by atoms with E-state index >= 15 is 0 Å². The molecule has 2 heterocycles. The Bertz CT molecular complexity index is 1160. The zero-order valence-electron chi connectivity index (χ0n) is 16.4. The van der Waals surface area contributed by atoms with Crippen LogP contribution in [0.1, 0.15) is 11.8 Å². The molecule has 0 aliphatic carbocycles. The number of ether oxygens (including phenoxy) is 3. The van der Waals surface area contributed by atoms with Gasteiger partial charge in [-0.3, -0.25) is 0 Å². The molecule has 11 heteroatoms. The van der Waals surface area contributed by atoms with Gasteiger partial charge in [-0.25, -0.2) is 0 Å². The van der Waals surface area contributed by atoms with E-state index in [-0.39, 0.29) is 29.8 Å². The first-order valence-corrected chi connectivity index (χ1v) is 9.01. The lowest BCUT2D eigenvalue weighted by atomic mass is 10.2. The molecule has 4 aromatic rings. The molecule has 0 unspecified atom stereocenters. The van der Waals surface area contributed by atoms with Crippen LogP contribution < -0.4 is 14.2 Å². The number of methoxy groups -OCH3 is 1. The maximum absolute atomic E-state index is 12.5. The highest BCUT2D eigenvalue weighted by atomic mass is 19.3. The highest BCUT2D eigenvalue weighted by Crippen LogP contribution is 2.32. The Hall–Kier alpha value is -4.02. The van der Waals surface area contributed by atoms with Crippen LogP contribution in [0, 0.1) is 6.92 Å². The van der Waals surface area contributed by atoms with Gasteiger partial charge in [0.15, 0.2) is 18.1 Å². The average molecular weight is 430 g/mol. The first-order chi connectivity index (χ1) is 15.0. The SMILES string of the molecule is COc1cc(-c2noc(COc3ccc(-c4noc(C)n4)cc3)n2)ccc1OC(F)F. The molecule has 0 radical (unpaired) electrons. The smallest absolute Gasteiger partial charge is 0.387 e. The topological polar surface area (TPSA) is 106 Å². The third-order valence-electron chi connectivity index (χ3n) is 4.11. The summed E-state index contributed by atoms with van der Waals surface area (Å²) in [6, 6.07) is 11.5. The van der Waals surface area contributed by atoms with Crippen LogP contribution in [0.4, 0.5) is 8.78 Å². The van der Waals surface area contributed by atoms with Crippen molar-refractivity contribution in [2.45, 2.75) is 20.1 Å². The first-order valence-electron chi connectivity index (χ1n) is 9.01. The maximum Gasteiger partial charge on any atom is 0.387 e. The third kappa shape index (κ3) is 4.77. The Kier molecular flexibility index (Phi) is 5.74. The van der Waals surface area contributed by atoms with Gasteiger partial charge in [0.05, 0.1) is 7.11 Å². The number of nitrogens with zero attached hydrogens (tertiary/aromatic N) is 4. The zero-order valence-corrected chi connectivity index (χ0v) is 16.4. The number of aromatic nitrogens is 4. The van der Waals surface area contributed by atoms with Gasteiger partial charge >= 0.3 is 6.61 Å². The van der Waals surface area contributed by atoms with E-state index in [9.17, 15) is 8.78 Å². The van der Waals surface area contributed by atoms with Gasteiger partial charge < -0.3 is 23.3 Å². The lowest BCUT2D eigenvalue weighted by molar-refractivity contribution is -0.0512. The molecule has 0 saturated carbocycles. The van der Waals surface area contributed by atoms with Crippen LogP contribution in [0.5, 0.6) is 17.2 Å². The number of rotatable bonds is 8. The molecule has 0 amide bonds. The molecule has 0 aliphatic rings. The lowest BCUT2D eigenvalue weighted by Gasteiger charge is -2.10. The highest BCUT2D eigenvalue weighted by Gasteiger charge is 2.15. The Morgan fingerprint density at radius 1 is 0.903 bits per heavy atom.